The predicted octanol–water partition coefficient (Wildman–Crippen LogP) is 4.65. The van der Waals surface area contributed by atoms with Gasteiger partial charge in [0, 0.05) is 28.9 Å². The highest BCUT2D eigenvalue weighted by Gasteiger charge is 2.26. The van der Waals surface area contributed by atoms with E-state index in [1.807, 2.05) is 44.2 Å². The van der Waals surface area contributed by atoms with E-state index >= 15 is 0 Å². The Balaban J connectivity index is 2.08. The largest absolute Gasteiger partial charge is 0.352 e. The summed E-state index contributed by atoms with van der Waals surface area (Å²) in [5.74, 6) is -0.368. The van der Waals surface area contributed by atoms with Crippen molar-refractivity contribution >= 4 is 35.2 Å². The molecule has 0 aliphatic heterocycles. The van der Waals surface area contributed by atoms with Crippen LogP contribution in [-0.4, -0.2) is 34.6 Å². The molecule has 29 heavy (non-hydrogen) atoms. The monoisotopic (exact) mass is 436 g/mol. The van der Waals surface area contributed by atoms with Crippen molar-refractivity contribution in [2.75, 3.05) is 5.75 Å². The Labute approximate surface area is 180 Å². The van der Waals surface area contributed by atoms with Gasteiger partial charge >= 0.3 is 0 Å². The summed E-state index contributed by atoms with van der Waals surface area (Å²) < 4.78 is 13.9. The summed E-state index contributed by atoms with van der Waals surface area (Å²) >= 11 is 7.33. The summed E-state index contributed by atoms with van der Waals surface area (Å²) in [6.07, 6.45) is 0. The standard InChI is InChI=1S/C22H26ClFN2O2S/c1-15(2)25-22(28)16(3)26(12-17-8-5-4-6-9-17)21(27)14-29-13-18-19(23)10-7-11-20(18)24/h4-11,15-16H,12-14H2,1-3H3,(H,25,28). The number of hydrogen-bond acceptors (Lipinski definition) is 3. The molecule has 2 amide bonds. The van der Waals surface area contributed by atoms with E-state index in [1.165, 1.54) is 17.8 Å². The third-order valence-electron chi connectivity index (χ3n) is 4.33. The fraction of sp³-hybridized carbons (Fsp3) is 0.364. The molecule has 1 atom stereocenters. The summed E-state index contributed by atoms with van der Waals surface area (Å²) in [5.41, 5.74) is 1.32. The molecule has 0 saturated heterocycles. The van der Waals surface area contributed by atoms with Gasteiger partial charge in [-0.1, -0.05) is 48.0 Å². The zero-order chi connectivity index (χ0) is 21.4. The molecular weight excluding hydrogens is 411 g/mol. The van der Waals surface area contributed by atoms with E-state index in [4.69, 9.17) is 11.6 Å². The topological polar surface area (TPSA) is 49.4 Å². The zero-order valence-electron chi connectivity index (χ0n) is 16.8. The minimum absolute atomic E-state index is 0.0174. The van der Waals surface area contributed by atoms with Gasteiger partial charge < -0.3 is 10.2 Å². The molecule has 156 valence electrons. The van der Waals surface area contributed by atoms with Crippen LogP contribution in [0.1, 0.15) is 31.9 Å². The molecule has 4 nitrogen and oxygen atoms in total. The van der Waals surface area contributed by atoms with E-state index in [0.29, 0.717) is 17.1 Å². The first-order chi connectivity index (χ1) is 13.8. The molecule has 0 radical (unpaired) electrons. The van der Waals surface area contributed by atoms with Crippen LogP contribution in [0.5, 0.6) is 0 Å². The quantitative estimate of drug-likeness (QED) is 0.622. The van der Waals surface area contributed by atoms with Gasteiger partial charge in [-0.15, -0.1) is 11.8 Å². The molecule has 0 aromatic heterocycles. The van der Waals surface area contributed by atoms with Gasteiger partial charge in [0.2, 0.25) is 11.8 Å². The Morgan fingerprint density at radius 2 is 1.79 bits per heavy atom. The molecule has 0 saturated carbocycles. The van der Waals surface area contributed by atoms with E-state index in [9.17, 15) is 14.0 Å². The number of hydrogen-bond donors (Lipinski definition) is 1. The molecule has 1 N–H and O–H groups in total. The highest BCUT2D eigenvalue weighted by molar-refractivity contribution is 7.99. The lowest BCUT2D eigenvalue weighted by Crippen LogP contribution is -2.49. The lowest BCUT2D eigenvalue weighted by Gasteiger charge is -2.29. The first kappa shape index (κ1) is 23.2. The Morgan fingerprint density at radius 3 is 2.41 bits per heavy atom. The fourth-order valence-electron chi connectivity index (χ4n) is 2.76. The van der Waals surface area contributed by atoms with Crippen LogP contribution in [0.25, 0.3) is 0 Å². The Hall–Kier alpha value is -2.05. The van der Waals surface area contributed by atoms with Crippen molar-refractivity contribution in [3.8, 4) is 0 Å². The minimum Gasteiger partial charge on any atom is -0.352 e. The molecule has 1 unspecified atom stereocenters. The molecule has 0 aliphatic rings. The SMILES string of the molecule is CC(C)NC(=O)C(C)N(Cc1ccccc1)C(=O)CSCc1c(F)cccc1Cl. The average Bonchev–Trinajstić information content (AvgIpc) is 2.68. The summed E-state index contributed by atoms with van der Waals surface area (Å²) in [6.45, 7) is 5.80. The van der Waals surface area contributed by atoms with Crippen LogP contribution in [0.3, 0.4) is 0 Å². The molecule has 2 aromatic carbocycles. The number of carbonyl (C=O) groups excluding carboxylic acids is 2. The number of nitrogens with zero attached hydrogens (tertiary/aromatic N) is 1. The third kappa shape index (κ3) is 7.05. The van der Waals surface area contributed by atoms with Gasteiger partial charge in [-0.05, 0) is 38.5 Å². The first-order valence-electron chi connectivity index (χ1n) is 9.44. The van der Waals surface area contributed by atoms with Crippen LogP contribution in [-0.2, 0) is 21.9 Å². The lowest BCUT2D eigenvalue weighted by atomic mass is 10.1. The maximum Gasteiger partial charge on any atom is 0.242 e. The van der Waals surface area contributed by atoms with Gasteiger partial charge in [0.1, 0.15) is 11.9 Å². The third-order valence-corrected chi connectivity index (χ3v) is 5.63. The maximum atomic E-state index is 13.9. The highest BCUT2D eigenvalue weighted by atomic mass is 35.5. The number of benzene rings is 2. The van der Waals surface area contributed by atoms with Crippen LogP contribution in [0, 0.1) is 5.82 Å². The number of rotatable bonds is 9. The molecule has 0 heterocycles. The Kier molecular flexibility index (Phi) is 8.99. The van der Waals surface area contributed by atoms with Crippen molar-refractivity contribution in [3.05, 3.63) is 70.5 Å². The van der Waals surface area contributed by atoms with Crippen molar-refractivity contribution in [1.29, 1.82) is 0 Å². The van der Waals surface area contributed by atoms with Crippen molar-refractivity contribution in [2.24, 2.45) is 0 Å². The van der Waals surface area contributed by atoms with E-state index in [1.54, 1.807) is 24.0 Å². The summed E-state index contributed by atoms with van der Waals surface area (Å²) in [4.78, 5) is 27.0. The van der Waals surface area contributed by atoms with Crippen LogP contribution in [0.2, 0.25) is 5.02 Å². The second kappa shape index (κ2) is 11.2. The van der Waals surface area contributed by atoms with E-state index in [0.717, 1.165) is 5.56 Å². The number of carbonyl (C=O) groups is 2. The van der Waals surface area contributed by atoms with Crippen molar-refractivity contribution in [3.63, 3.8) is 0 Å². The summed E-state index contributed by atoms with van der Waals surface area (Å²) in [6, 6.07) is 13.4. The maximum absolute atomic E-state index is 13.9. The van der Waals surface area contributed by atoms with Gasteiger partial charge in [0.25, 0.3) is 0 Å². The smallest absolute Gasteiger partial charge is 0.242 e. The van der Waals surface area contributed by atoms with Crippen LogP contribution >= 0.6 is 23.4 Å². The zero-order valence-corrected chi connectivity index (χ0v) is 18.4. The summed E-state index contributed by atoms with van der Waals surface area (Å²) in [7, 11) is 0. The molecule has 0 fully saturated rings. The van der Waals surface area contributed by atoms with Crippen molar-refractivity contribution < 1.29 is 14.0 Å². The molecular formula is C22H26ClFN2O2S. The highest BCUT2D eigenvalue weighted by Crippen LogP contribution is 2.24. The van der Waals surface area contributed by atoms with Gasteiger partial charge in [0.05, 0.1) is 5.75 Å². The van der Waals surface area contributed by atoms with Crippen LogP contribution < -0.4 is 5.32 Å². The second-order valence-corrected chi connectivity index (χ2v) is 8.43. The molecule has 2 rings (SSSR count). The van der Waals surface area contributed by atoms with Crippen molar-refractivity contribution in [1.82, 2.24) is 10.2 Å². The Morgan fingerprint density at radius 1 is 1.10 bits per heavy atom. The summed E-state index contributed by atoms with van der Waals surface area (Å²) in [5, 5.41) is 3.20. The van der Waals surface area contributed by atoms with E-state index in [-0.39, 0.29) is 35.2 Å². The molecule has 2 aromatic rings. The van der Waals surface area contributed by atoms with Gasteiger partial charge in [0.15, 0.2) is 0 Å². The van der Waals surface area contributed by atoms with Crippen LogP contribution in [0.4, 0.5) is 4.39 Å². The number of amides is 2. The minimum atomic E-state index is -0.622. The van der Waals surface area contributed by atoms with Gasteiger partial charge in [-0.3, -0.25) is 9.59 Å². The lowest BCUT2D eigenvalue weighted by molar-refractivity contribution is -0.138. The normalized spacial score (nSPS) is 11.9. The van der Waals surface area contributed by atoms with Gasteiger partial charge in [-0.2, -0.15) is 0 Å². The molecule has 0 aliphatic carbocycles. The second-order valence-electron chi connectivity index (χ2n) is 7.04. The predicted molar refractivity (Wildman–Crippen MR) is 117 cm³/mol. The van der Waals surface area contributed by atoms with Crippen molar-refractivity contribution in [2.45, 2.75) is 45.2 Å². The fourth-order valence-corrected chi connectivity index (χ4v) is 4.01. The number of nitrogens with one attached hydrogen (secondary N) is 1. The molecule has 0 spiro atoms. The Bertz CT molecular complexity index is 813. The van der Waals surface area contributed by atoms with E-state index < -0.39 is 6.04 Å². The average molecular weight is 437 g/mol. The number of thioether (sulfide) groups is 1. The first-order valence-corrected chi connectivity index (χ1v) is 11.0. The number of halogens is 2. The van der Waals surface area contributed by atoms with Gasteiger partial charge in [-0.25, -0.2) is 4.39 Å². The van der Waals surface area contributed by atoms with E-state index in [2.05, 4.69) is 5.32 Å². The molecule has 7 heteroatoms. The molecule has 0 bridgehead atoms. The van der Waals surface area contributed by atoms with Crippen LogP contribution in [0.15, 0.2) is 48.5 Å².